The Hall–Kier alpha value is -3.28. The second-order valence-electron chi connectivity index (χ2n) is 6.31. The predicted molar refractivity (Wildman–Crippen MR) is 104 cm³/mol. The molecule has 27 heavy (non-hydrogen) atoms. The van der Waals surface area contributed by atoms with E-state index in [1.807, 2.05) is 31.2 Å². The van der Waals surface area contributed by atoms with Crippen molar-refractivity contribution >= 4 is 17.4 Å². The smallest absolute Gasteiger partial charge is 0.270 e. The Balaban J connectivity index is 1.64. The quantitative estimate of drug-likeness (QED) is 0.695. The number of benzene rings is 2. The first kappa shape index (κ1) is 18.5. The molecule has 0 atom stereocenters. The molecule has 6 heteroatoms. The summed E-state index contributed by atoms with van der Waals surface area (Å²) >= 11 is 0. The first-order chi connectivity index (χ1) is 13.0. The number of nitrogens with one attached hydrogen (secondary N) is 2. The zero-order chi connectivity index (χ0) is 19.2. The summed E-state index contributed by atoms with van der Waals surface area (Å²) in [5.74, 6) is 0.538. The second kappa shape index (κ2) is 8.40. The minimum absolute atomic E-state index is 0.269. The van der Waals surface area contributed by atoms with Crippen LogP contribution < -0.4 is 10.6 Å². The standard InChI is InChI=1S/C21H21FN4O/c1-14-4-3-5-18(12-14)26-20-13-19(24-15(2)25-20)21(27)23-11-10-16-6-8-17(22)9-7-16/h3-9,12-13H,10-11H2,1-2H3,(H,23,27)(H,24,25,26). The summed E-state index contributed by atoms with van der Waals surface area (Å²) in [7, 11) is 0. The Morgan fingerprint density at radius 3 is 2.56 bits per heavy atom. The molecule has 0 saturated heterocycles. The van der Waals surface area contributed by atoms with Crippen molar-refractivity contribution in [3.8, 4) is 0 Å². The molecule has 2 aromatic carbocycles. The molecular weight excluding hydrogens is 343 g/mol. The molecule has 1 amide bonds. The number of aromatic nitrogens is 2. The molecule has 3 aromatic rings. The number of hydrogen-bond acceptors (Lipinski definition) is 4. The third-order valence-electron chi connectivity index (χ3n) is 3.97. The molecule has 2 N–H and O–H groups in total. The van der Waals surface area contributed by atoms with Crippen LogP contribution in [0.1, 0.15) is 27.4 Å². The first-order valence-corrected chi connectivity index (χ1v) is 8.71. The molecule has 0 aliphatic rings. The van der Waals surface area contributed by atoms with Crippen LogP contribution in [-0.2, 0) is 6.42 Å². The second-order valence-corrected chi connectivity index (χ2v) is 6.31. The van der Waals surface area contributed by atoms with Gasteiger partial charge in [-0.25, -0.2) is 14.4 Å². The summed E-state index contributed by atoms with van der Waals surface area (Å²) in [6.07, 6.45) is 0.616. The third-order valence-corrected chi connectivity index (χ3v) is 3.97. The number of aryl methyl sites for hydroxylation is 2. The van der Waals surface area contributed by atoms with Crippen molar-refractivity contribution in [1.29, 1.82) is 0 Å². The van der Waals surface area contributed by atoms with Gasteiger partial charge < -0.3 is 10.6 Å². The van der Waals surface area contributed by atoms with Crippen molar-refractivity contribution in [1.82, 2.24) is 15.3 Å². The molecule has 0 radical (unpaired) electrons. The van der Waals surface area contributed by atoms with Gasteiger partial charge in [-0.1, -0.05) is 24.3 Å². The van der Waals surface area contributed by atoms with E-state index in [4.69, 9.17) is 0 Å². The van der Waals surface area contributed by atoms with Crippen LogP contribution in [0, 0.1) is 19.7 Å². The molecule has 5 nitrogen and oxygen atoms in total. The van der Waals surface area contributed by atoms with Crippen LogP contribution in [0.5, 0.6) is 0 Å². The SMILES string of the molecule is Cc1cccc(Nc2cc(C(=O)NCCc3ccc(F)cc3)nc(C)n2)c1. The fourth-order valence-corrected chi connectivity index (χ4v) is 2.68. The van der Waals surface area contributed by atoms with Crippen LogP contribution in [0.15, 0.2) is 54.6 Å². The number of amides is 1. The summed E-state index contributed by atoms with van der Waals surface area (Å²) in [5.41, 5.74) is 3.29. The van der Waals surface area contributed by atoms with Gasteiger partial charge in [0.15, 0.2) is 0 Å². The minimum Gasteiger partial charge on any atom is -0.350 e. The normalized spacial score (nSPS) is 10.5. The van der Waals surface area contributed by atoms with E-state index in [9.17, 15) is 9.18 Å². The summed E-state index contributed by atoms with van der Waals surface area (Å²) in [4.78, 5) is 21.0. The van der Waals surface area contributed by atoms with Gasteiger partial charge in [0.05, 0.1) is 0 Å². The highest BCUT2D eigenvalue weighted by Gasteiger charge is 2.10. The van der Waals surface area contributed by atoms with Gasteiger partial charge in [0, 0.05) is 18.3 Å². The maximum Gasteiger partial charge on any atom is 0.270 e. The lowest BCUT2D eigenvalue weighted by molar-refractivity contribution is 0.0949. The van der Waals surface area contributed by atoms with Crippen molar-refractivity contribution in [3.05, 3.63) is 83.1 Å². The van der Waals surface area contributed by atoms with Crippen molar-refractivity contribution in [2.24, 2.45) is 0 Å². The molecule has 1 heterocycles. The molecule has 0 unspecified atom stereocenters. The van der Waals surface area contributed by atoms with Crippen LogP contribution in [0.3, 0.4) is 0 Å². The summed E-state index contributed by atoms with van der Waals surface area (Å²) in [5, 5.41) is 6.04. The lowest BCUT2D eigenvalue weighted by atomic mass is 10.1. The number of hydrogen-bond donors (Lipinski definition) is 2. The highest BCUT2D eigenvalue weighted by molar-refractivity contribution is 5.93. The molecule has 0 aliphatic carbocycles. The fraction of sp³-hybridized carbons (Fsp3) is 0.190. The Morgan fingerprint density at radius 2 is 1.81 bits per heavy atom. The summed E-state index contributed by atoms with van der Waals surface area (Å²) in [6, 6.07) is 15.8. The maximum absolute atomic E-state index is 12.9. The van der Waals surface area contributed by atoms with Crippen LogP contribution in [0.4, 0.5) is 15.9 Å². The summed E-state index contributed by atoms with van der Waals surface area (Å²) < 4.78 is 12.9. The van der Waals surface area contributed by atoms with E-state index in [2.05, 4.69) is 20.6 Å². The van der Waals surface area contributed by atoms with Gasteiger partial charge in [0.2, 0.25) is 0 Å². The van der Waals surface area contributed by atoms with Gasteiger partial charge in [-0.05, 0) is 55.7 Å². The molecule has 0 aliphatic heterocycles. The van der Waals surface area contributed by atoms with E-state index in [1.54, 1.807) is 25.1 Å². The van der Waals surface area contributed by atoms with Crippen LogP contribution >= 0.6 is 0 Å². The number of halogens is 1. The highest BCUT2D eigenvalue weighted by Crippen LogP contribution is 2.16. The zero-order valence-electron chi connectivity index (χ0n) is 15.3. The topological polar surface area (TPSA) is 66.9 Å². The molecule has 138 valence electrons. The van der Waals surface area contributed by atoms with Crippen LogP contribution in [0.2, 0.25) is 0 Å². The zero-order valence-corrected chi connectivity index (χ0v) is 15.3. The largest absolute Gasteiger partial charge is 0.350 e. The minimum atomic E-state index is -0.270. The Kier molecular flexibility index (Phi) is 5.76. The first-order valence-electron chi connectivity index (χ1n) is 8.71. The van der Waals surface area contributed by atoms with Crippen molar-refractivity contribution in [3.63, 3.8) is 0 Å². The number of carbonyl (C=O) groups excluding carboxylic acids is 1. The highest BCUT2D eigenvalue weighted by atomic mass is 19.1. The number of nitrogens with zero attached hydrogens (tertiary/aromatic N) is 2. The van der Waals surface area contributed by atoms with E-state index in [1.165, 1.54) is 12.1 Å². The molecular formula is C21H21FN4O. The molecule has 0 spiro atoms. The maximum atomic E-state index is 12.9. The molecule has 0 bridgehead atoms. The van der Waals surface area contributed by atoms with Gasteiger partial charge in [-0.3, -0.25) is 4.79 Å². The fourth-order valence-electron chi connectivity index (χ4n) is 2.68. The van der Waals surface area contributed by atoms with E-state index in [0.29, 0.717) is 30.3 Å². The van der Waals surface area contributed by atoms with Gasteiger partial charge in [0.25, 0.3) is 5.91 Å². The number of rotatable bonds is 6. The Bertz CT molecular complexity index is 941. The third kappa shape index (κ3) is 5.34. The van der Waals surface area contributed by atoms with Crippen LogP contribution in [0.25, 0.3) is 0 Å². The molecule has 3 rings (SSSR count). The van der Waals surface area contributed by atoms with Gasteiger partial charge >= 0.3 is 0 Å². The summed E-state index contributed by atoms with van der Waals surface area (Å²) in [6.45, 7) is 4.20. The van der Waals surface area contributed by atoms with E-state index >= 15 is 0 Å². The Labute approximate surface area is 157 Å². The molecule has 0 fully saturated rings. The molecule has 0 saturated carbocycles. The van der Waals surface area contributed by atoms with Crippen LogP contribution in [-0.4, -0.2) is 22.4 Å². The van der Waals surface area contributed by atoms with E-state index < -0.39 is 0 Å². The monoisotopic (exact) mass is 364 g/mol. The average molecular weight is 364 g/mol. The predicted octanol–water partition coefficient (Wildman–Crippen LogP) is 3.95. The van der Waals surface area contributed by atoms with Crippen molar-refractivity contribution in [2.75, 3.05) is 11.9 Å². The van der Waals surface area contributed by atoms with Crippen molar-refractivity contribution in [2.45, 2.75) is 20.3 Å². The van der Waals surface area contributed by atoms with Crippen molar-refractivity contribution < 1.29 is 9.18 Å². The number of carbonyl (C=O) groups is 1. The lowest BCUT2D eigenvalue weighted by Crippen LogP contribution is -2.27. The van der Waals surface area contributed by atoms with Gasteiger partial charge in [-0.2, -0.15) is 0 Å². The average Bonchev–Trinajstić information content (AvgIpc) is 2.63. The van der Waals surface area contributed by atoms with E-state index in [-0.39, 0.29) is 11.7 Å². The van der Waals surface area contributed by atoms with E-state index in [0.717, 1.165) is 16.8 Å². The lowest BCUT2D eigenvalue weighted by Gasteiger charge is -2.10. The number of anilines is 2. The molecule has 1 aromatic heterocycles. The Morgan fingerprint density at radius 1 is 1.04 bits per heavy atom. The van der Waals surface area contributed by atoms with Gasteiger partial charge in [-0.15, -0.1) is 0 Å². The van der Waals surface area contributed by atoms with Gasteiger partial charge in [0.1, 0.15) is 23.2 Å².